The van der Waals surface area contributed by atoms with Gasteiger partial charge in [0.1, 0.15) is 0 Å². The maximum Gasteiger partial charge on any atom is 0.264 e. The Hall–Kier alpha value is -0.270. The zero-order chi connectivity index (χ0) is 15.6. The van der Waals surface area contributed by atoms with Crippen molar-refractivity contribution in [3.63, 3.8) is 0 Å². The van der Waals surface area contributed by atoms with Crippen molar-refractivity contribution in [3.8, 4) is 0 Å². The molecule has 1 aliphatic rings. The summed E-state index contributed by atoms with van der Waals surface area (Å²) < 4.78 is 26.7. The highest BCUT2D eigenvalue weighted by Gasteiger charge is 2.24. The predicted molar refractivity (Wildman–Crippen MR) is 85.3 cm³/mol. The van der Waals surface area contributed by atoms with E-state index in [4.69, 9.17) is 15.8 Å². The summed E-state index contributed by atoms with van der Waals surface area (Å²) in [6.45, 7) is 1.67. The van der Waals surface area contributed by atoms with Gasteiger partial charge in [-0.15, -0.1) is 11.8 Å². The highest BCUT2D eigenvalue weighted by Crippen LogP contribution is 2.42. The van der Waals surface area contributed by atoms with Gasteiger partial charge >= 0.3 is 0 Å². The largest absolute Gasteiger partial charge is 0.388 e. The summed E-state index contributed by atoms with van der Waals surface area (Å²) in [7, 11) is -3.50. The molecule has 2 atom stereocenters. The molecule has 0 unspecified atom stereocenters. The van der Waals surface area contributed by atoms with Gasteiger partial charge in [-0.3, -0.25) is 4.18 Å². The second-order valence-electron chi connectivity index (χ2n) is 5.42. The fraction of sp³-hybridized carbons (Fsp3) is 0.571. The fourth-order valence-corrected chi connectivity index (χ4v) is 3.65. The van der Waals surface area contributed by atoms with Crippen molar-refractivity contribution in [2.45, 2.75) is 36.0 Å². The van der Waals surface area contributed by atoms with Crippen LogP contribution in [0.15, 0.2) is 23.1 Å². The summed E-state index contributed by atoms with van der Waals surface area (Å²) in [5.41, 5.74) is 0.671. The van der Waals surface area contributed by atoms with Crippen LogP contribution < -0.4 is 0 Å². The summed E-state index contributed by atoms with van der Waals surface area (Å²) in [5.74, 6) is -0.349. The Morgan fingerprint density at radius 2 is 2.14 bits per heavy atom. The van der Waals surface area contributed by atoms with Gasteiger partial charge in [0, 0.05) is 16.1 Å². The Kier molecular flexibility index (Phi) is 5.59. The second-order valence-corrected chi connectivity index (χ2v) is 8.81. The molecular formula is C14H19ClO4S2. The number of benzene rings is 1. The minimum Gasteiger partial charge on any atom is -0.388 e. The molecule has 0 bridgehead atoms. The van der Waals surface area contributed by atoms with Crippen molar-refractivity contribution in [1.29, 1.82) is 0 Å². The van der Waals surface area contributed by atoms with Crippen molar-refractivity contribution in [2.24, 2.45) is 5.92 Å². The molecule has 1 aliphatic carbocycles. The Bertz CT molecular complexity index is 599. The zero-order valence-electron chi connectivity index (χ0n) is 12.0. The number of halogens is 1. The summed E-state index contributed by atoms with van der Waals surface area (Å²) in [5, 5.41) is 11.5. The highest BCUT2D eigenvalue weighted by molar-refractivity contribution is 8.00. The molecule has 0 saturated heterocycles. The van der Waals surface area contributed by atoms with Gasteiger partial charge in [0.05, 0.1) is 24.0 Å². The lowest BCUT2D eigenvalue weighted by atomic mass is 9.98. The van der Waals surface area contributed by atoms with E-state index >= 15 is 0 Å². The van der Waals surface area contributed by atoms with E-state index in [1.165, 1.54) is 12.8 Å². The Morgan fingerprint density at radius 1 is 1.48 bits per heavy atom. The fourth-order valence-electron chi connectivity index (χ4n) is 1.81. The Morgan fingerprint density at radius 3 is 2.67 bits per heavy atom. The van der Waals surface area contributed by atoms with Crippen LogP contribution in [-0.2, 0) is 14.3 Å². The van der Waals surface area contributed by atoms with Crippen LogP contribution in [0.1, 0.15) is 31.4 Å². The maximum absolute atomic E-state index is 11.0. The third-order valence-electron chi connectivity index (χ3n) is 3.20. The molecule has 1 aromatic carbocycles. The molecule has 1 N–H and O–H groups in total. The average Bonchev–Trinajstić information content (AvgIpc) is 3.20. The molecule has 7 heteroatoms. The molecule has 118 valence electrons. The van der Waals surface area contributed by atoms with Gasteiger partial charge in [0.25, 0.3) is 10.1 Å². The van der Waals surface area contributed by atoms with E-state index in [2.05, 4.69) is 0 Å². The van der Waals surface area contributed by atoms with E-state index in [0.717, 1.165) is 11.2 Å². The molecule has 0 spiro atoms. The molecule has 1 fully saturated rings. The van der Waals surface area contributed by atoms with E-state index in [-0.39, 0.29) is 12.5 Å². The minimum absolute atomic E-state index is 0.0593. The van der Waals surface area contributed by atoms with Crippen LogP contribution in [0.2, 0.25) is 5.02 Å². The first-order valence-corrected chi connectivity index (χ1v) is 9.82. The van der Waals surface area contributed by atoms with Crippen molar-refractivity contribution >= 4 is 33.5 Å². The Labute approximate surface area is 135 Å². The summed E-state index contributed by atoms with van der Waals surface area (Å²) in [4.78, 5) is 1.02. The van der Waals surface area contributed by atoms with Crippen molar-refractivity contribution in [2.75, 3.05) is 12.9 Å². The molecule has 0 aliphatic heterocycles. The SMILES string of the molecule is C[C@H](COS(C)(=O)=O)[C@H](O)c1ccc(SC2CC2)c(Cl)c1. The smallest absolute Gasteiger partial charge is 0.264 e. The monoisotopic (exact) mass is 350 g/mol. The molecule has 21 heavy (non-hydrogen) atoms. The summed E-state index contributed by atoms with van der Waals surface area (Å²) in [6, 6.07) is 5.49. The van der Waals surface area contributed by atoms with Crippen LogP contribution in [0.5, 0.6) is 0 Å². The number of hydrogen-bond donors (Lipinski definition) is 1. The van der Waals surface area contributed by atoms with Gasteiger partial charge in [-0.05, 0) is 30.5 Å². The molecule has 0 radical (unpaired) electrons. The van der Waals surface area contributed by atoms with Crippen molar-refractivity contribution < 1.29 is 17.7 Å². The third kappa shape index (κ3) is 5.45. The first kappa shape index (κ1) is 17.1. The van der Waals surface area contributed by atoms with Crippen LogP contribution in [0.25, 0.3) is 0 Å². The minimum atomic E-state index is -3.50. The lowest BCUT2D eigenvalue weighted by Crippen LogP contribution is -2.17. The summed E-state index contributed by atoms with van der Waals surface area (Å²) in [6.07, 6.45) is 2.63. The molecular weight excluding hydrogens is 332 g/mol. The quantitative estimate of drug-likeness (QED) is 0.765. The van der Waals surface area contributed by atoms with Gasteiger partial charge in [-0.1, -0.05) is 24.6 Å². The summed E-state index contributed by atoms with van der Waals surface area (Å²) >= 11 is 8.00. The van der Waals surface area contributed by atoms with E-state index in [9.17, 15) is 13.5 Å². The van der Waals surface area contributed by atoms with Gasteiger partial charge in [-0.25, -0.2) is 0 Å². The number of rotatable bonds is 7. The third-order valence-corrected chi connectivity index (χ3v) is 5.60. The molecule has 0 heterocycles. The lowest BCUT2D eigenvalue weighted by Gasteiger charge is -2.19. The molecule has 1 saturated carbocycles. The predicted octanol–water partition coefficient (Wildman–Crippen LogP) is 3.24. The first-order valence-electron chi connectivity index (χ1n) is 6.75. The highest BCUT2D eigenvalue weighted by atomic mass is 35.5. The van der Waals surface area contributed by atoms with Crippen molar-refractivity contribution in [3.05, 3.63) is 28.8 Å². The molecule has 0 amide bonds. The zero-order valence-corrected chi connectivity index (χ0v) is 14.3. The van der Waals surface area contributed by atoms with Crippen LogP contribution in [0, 0.1) is 5.92 Å². The topological polar surface area (TPSA) is 63.6 Å². The number of thioether (sulfide) groups is 1. The van der Waals surface area contributed by atoms with Crippen LogP contribution in [0.3, 0.4) is 0 Å². The number of hydrogen-bond acceptors (Lipinski definition) is 5. The van der Waals surface area contributed by atoms with Gasteiger partial charge in [0.15, 0.2) is 0 Å². The van der Waals surface area contributed by atoms with E-state index in [0.29, 0.717) is 15.8 Å². The van der Waals surface area contributed by atoms with Crippen LogP contribution >= 0.6 is 23.4 Å². The molecule has 0 aromatic heterocycles. The van der Waals surface area contributed by atoms with Crippen molar-refractivity contribution in [1.82, 2.24) is 0 Å². The standard InChI is InChI=1S/C14H19ClO4S2/c1-9(8-19-21(2,17)18)14(16)10-3-6-13(12(15)7-10)20-11-4-5-11/h3,6-7,9,11,14,16H,4-5,8H2,1-2H3/t9-,14+/m1/s1. The number of aliphatic hydroxyl groups excluding tert-OH is 1. The van der Waals surface area contributed by atoms with E-state index in [1.54, 1.807) is 24.8 Å². The van der Waals surface area contributed by atoms with Gasteiger partial charge < -0.3 is 5.11 Å². The first-order chi connectivity index (χ1) is 9.76. The van der Waals surface area contributed by atoms with Crippen LogP contribution in [-0.4, -0.2) is 31.6 Å². The second kappa shape index (κ2) is 6.87. The van der Waals surface area contributed by atoms with E-state index < -0.39 is 16.2 Å². The number of aliphatic hydroxyl groups is 1. The van der Waals surface area contributed by atoms with Gasteiger partial charge in [0.2, 0.25) is 0 Å². The maximum atomic E-state index is 11.0. The van der Waals surface area contributed by atoms with E-state index in [1.807, 2.05) is 12.1 Å². The molecule has 2 rings (SSSR count). The van der Waals surface area contributed by atoms with Crippen LogP contribution in [0.4, 0.5) is 0 Å². The lowest BCUT2D eigenvalue weighted by molar-refractivity contribution is 0.0867. The van der Waals surface area contributed by atoms with Gasteiger partial charge in [-0.2, -0.15) is 8.42 Å². The normalized spacial score (nSPS) is 18.5. The molecule has 1 aromatic rings. The average molecular weight is 351 g/mol. The molecule has 4 nitrogen and oxygen atoms in total. The Balaban J connectivity index is 2.00.